The maximum absolute atomic E-state index is 12.0. The second kappa shape index (κ2) is 9.09. The second-order valence-electron chi connectivity index (χ2n) is 4.59. The fourth-order valence-electron chi connectivity index (χ4n) is 2.05. The van der Waals surface area contributed by atoms with Gasteiger partial charge in [-0.25, -0.2) is 0 Å². The fraction of sp³-hybridized carbons (Fsp3) is 0.467. The van der Waals surface area contributed by atoms with Crippen LogP contribution in [0.5, 0.6) is 0 Å². The Bertz CT molecular complexity index is 559. The molecule has 126 valence electrons. The van der Waals surface area contributed by atoms with E-state index in [1.807, 2.05) is 0 Å². The third kappa shape index (κ3) is 5.21. The Balaban J connectivity index is 3.01. The van der Waals surface area contributed by atoms with E-state index < -0.39 is 28.2 Å². The summed E-state index contributed by atoms with van der Waals surface area (Å²) in [5.41, 5.74) is 0.209. The number of hydrogen-bond donors (Lipinski definition) is 0. The van der Waals surface area contributed by atoms with Gasteiger partial charge in [-0.05, 0) is 20.3 Å². The van der Waals surface area contributed by atoms with Gasteiger partial charge in [0.05, 0.1) is 23.5 Å². The molecule has 0 saturated carbocycles. The Morgan fingerprint density at radius 3 is 2.17 bits per heavy atom. The van der Waals surface area contributed by atoms with Gasteiger partial charge in [0.2, 0.25) is 0 Å². The molecule has 0 radical (unpaired) electrons. The van der Waals surface area contributed by atoms with E-state index in [-0.39, 0.29) is 25.3 Å². The predicted molar refractivity (Wildman–Crippen MR) is 83.2 cm³/mol. The Hall–Kier alpha value is -2.15. The van der Waals surface area contributed by atoms with Crippen LogP contribution in [0, 0.1) is 16.0 Å². The molecule has 0 spiro atoms. The Morgan fingerprint density at radius 1 is 1.17 bits per heavy atom. The molecule has 0 heterocycles. The molecule has 7 nitrogen and oxygen atoms in total. The number of carbonyl (C=O) groups is 2. The lowest BCUT2D eigenvalue weighted by Gasteiger charge is -2.19. The van der Waals surface area contributed by atoms with Crippen LogP contribution in [0.1, 0.15) is 19.4 Å². The molecule has 1 rings (SSSR count). The van der Waals surface area contributed by atoms with Crippen molar-refractivity contribution >= 4 is 29.2 Å². The number of alkyl halides is 1. The van der Waals surface area contributed by atoms with E-state index in [1.54, 1.807) is 19.9 Å². The monoisotopic (exact) mass is 343 g/mol. The van der Waals surface area contributed by atoms with Crippen LogP contribution in [0.2, 0.25) is 0 Å². The number of hydrogen-bond acceptors (Lipinski definition) is 6. The summed E-state index contributed by atoms with van der Waals surface area (Å²) < 4.78 is 9.70. The molecule has 1 unspecified atom stereocenters. The molecule has 23 heavy (non-hydrogen) atoms. The third-order valence-corrected chi connectivity index (χ3v) is 3.45. The van der Waals surface area contributed by atoms with Crippen LogP contribution < -0.4 is 0 Å². The minimum atomic E-state index is -1.34. The van der Waals surface area contributed by atoms with Crippen molar-refractivity contribution in [2.75, 3.05) is 13.2 Å². The lowest BCUT2D eigenvalue weighted by molar-refractivity contribution is -0.385. The van der Waals surface area contributed by atoms with Gasteiger partial charge in [-0.15, -0.1) is 11.6 Å². The van der Waals surface area contributed by atoms with Gasteiger partial charge < -0.3 is 9.47 Å². The summed E-state index contributed by atoms with van der Waals surface area (Å²) in [4.78, 5) is 34.4. The molecule has 0 saturated heterocycles. The lowest BCUT2D eigenvalue weighted by Crippen LogP contribution is -2.36. The van der Waals surface area contributed by atoms with Crippen molar-refractivity contribution in [3.05, 3.63) is 39.9 Å². The number of halogens is 1. The molecule has 0 N–H and O–H groups in total. The van der Waals surface area contributed by atoms with Crippen LogP contribution in [0.15, 0.2) is 24.3 Å². The normalized spacial score (nSPS) is 11.8. The fourth-order valence-corrected chi connectivity index (χ4v) is 2.42. The number of benzene rings is 1. The summed E-state index contributed by atoms with van der Waals surface area (Å²) in [5, 5.41) is 10.0. The summed E-state index contributed by atoms with van der Waals surface area (Å²) in [5.74, 6) is -2.94. The van der Waals surface area contributed by atoms with E-state index in [0.29, 0.717) is 5.56 Å². The summed E-state index contributed by atoms with van der Waals surface area (Å²) >= 11 is 6.19. The molecule has 0 aliphatic carbocycles. The summed E-state index contributed by atoms with van der Waals surface area (Å²) in [7, 11) is 0. The molecular weight excluding hydrogens is 326 g/mol. The van der Waals surface area contributed by atoms with Crippen LogP contribution in [-0.4, -0.2) is 35.5 Å². The first-order valence-corrected chi connectivity index (χ1v) is 7.55. The largest absolute Gasteiger partial charge is 0.465 e. The molecule has 0 bridgehead atoms. The van der Waals surface area contributed by atoms with E-state index in [9.17, 15) is 19.7 Å². The minimum absolute atomic E-state index is 0.0407. The van der Waals surface area contributed by atoms with E-state index in [1.165, 1.54) is 18.2 Å². The zero-order valence-corrected chi connectivity index (χ0v) is 13.6. The third-order valence-electron chi connectivity index (χ3n) is 3.05. The van der Waals surface area contributed by atoms with Gasteiger partial charge in [0.1, 0.15) is 0 Å². The minimum Gasteiger partial charge on any atom is -0.465 e. The summed E-state index contributed by atoms with van der Waals surface area (Å²) in [6.45, 7) is 3.38. The van der Waals surface area contributed by atoms with Gasteiger partial charge in [-0.1, -0.05) is 18.2 Å². The number of nitro groups is 1. The van der Waals surface area contributed by atoms with Crippen LogP contribution in [0.3, 0.4) is 0 Å². The average Bonchev–Trinajstić information content (AvgIpc) is 2.48. The van der Waals surface area contributed by atoms with Crippen molar-refractivity contribution in [1.29, 1.82) is 0 Å². The van der Waals surface area contributed by atoms with E-state index in [4.69, 9.17) is 21.1 Å². The number of nitro benzene ring substituents is 1. The van der Waals surface area contributed by atoms with Gasteiger partial charge in [-0.3, -0.25) is 19.7 Å². The molecule has 1 atom stereocenters. The number of nitrogens with zero attached hydrogens (tertiary/aromatic N) is 1. The Labute approximate surface area is 138 Å². The number of para-hydroxylation sites is 1. The molecule has 1 aromatic carbocycles. The highest BCUT2D eigenvalue weighted by molar-refractivity contribution is 6.24. The molecular formula is C15H18ClNO6. The predicted octanol–water partition coefficient (Wildman–Crippen LogP) is 2.49. The molecule has 0 aliphatic heterocycles. The Kier molecular flexibility index (Phi) is 7.47. The average molecular weight is 344 g/mol. The number of ether oxygens (including phenoxy) is 2. The van der Waals surface area contributed by atoms with E-state index >= 15 is 0 Å². The number of esters is 2. The van der Waals surface area contributed by atoms with Crippen LogP contribution >= 0.6 is 11.6 Å². The van der Waals surface area contributed by atoms with Gasteiger partial charge >= 0.3 is 11.9 Å². The summed E-state index contributed by atoms with van der Waals surface area (Å²) in [6.07, 6.45) is -0.0407. The smallest absolute Gasteiger partial charge is 0.321 e. The molecule has 0 fully saturated rings. The zero-order chi connectivity index (χ0) is 17.4. The molecule has 8 heteroatoms. The van der Waals surface area contributed by atoms with E-state index in [2.05, 4.69) is 0 Å². The number of rotatable bonds is 8. The van der Waals surface area contributed by atoms with Crippen LogP contribution in [-0.2, 0) is 25.5 Å². The highest BCUT2D eigenvalue weighted by Gasteiger charge is 2.37. The SMILES string of the molecule is CCOC(=O)C(C(=O)OCC)C(Cl)Cc1ccccc1[N+](=O)[O-]. The van der Waals surface area contributed by atoms with Crippen molar-refractivity contribution in [2.24, 2.45) is 5.92 Å². The molecule has 1 aromatic rings. The first-order valence-electron chi connectivity index (χ1n) is 7.11. The van der Waals surface area contributed by atoms with Crippen LogP contribution in [0.25, 0.3) is 0 Å². The van der Waals surface area contributed by atoms with Gasteiger partial charge in [0.25, 0.3) is 5.69 Å². The maximum Gasteiger partial charge on any atom is 0.321 e. The van der Waals surface area contributed by atoms with Crippen molar-refractivity contribution in [1.82, 2.24) is 0 Å². The standard InChI is InChI=1S/C15H18ClNO6/c1-3-22-14(18)13(15(19)23-4-2)11(16)9-10-7-5-6-8-12(10)17(20)21/h5-8,11,13H,3-4,9H2,1-2H3. The first kappa shape index (κ1) is 18.9. The van der Waals surface area contributed by atoms with Gasteiger partial charge in [0, 0.05) is 11.6 Å². The topological polar surface area (TPSA) is 95.7 Å². The first-order chi connectivity index (χ1) is 10.9. The van der Waals surface area contributed by atoms with E-state index in [0.717, 1.165) is 0 Å². The maximum atomic E-state index is 12.0. The summed E-state index contributed by atoms with van der Waals surface area (Å²) in [6, 6.07) is 6.01. The van der Waals surface area contributed by atoms with Gasteiger partial charge in [-0.2, -0.15) is 0 Å². The van der Waals surface area contributed by atoms with Crippen molar-refractivity contribution < 1.29 is 24.0 Å². The van der Waals surface area contributed by atoms with Crippen molar-refractivity contribution in [2.45, 2.75) is 25.6 Å². The quantitative estimate of drug-likeness (QED) is 0.236. The van der Waals surface area contributed by atoms with Gasteiger partial charge in [0.15, 0.2) is 5.92 Å². The Morgan fingerprint density at radius 2 is 1.70 bits per heavy atom. The number of carbonyl (C=O) groups excluding carboxylic acids is 2. The molecule has 0 amide bonds. The van der Waals surface area contributed by atoms with Crippen molar-refractivity contribution in [3.8, 4) is 0 Å². The molecule has 0 aromatic heterocycles. The highest BCUT2D eigenvalue weighted by Crippen LogP contribution is 2.25. The van der Waals surface area contributed by atoms with Crippen LogP contribution in [0.4, 0.5) is 5.69 Å². The van der Waals surface area contributed by atoms with Crippen molar-refractivity contribution in [3.63, 3.8) is 0 Å². The lowest BCUT2D eigenvalue weighted by atomic mass is 9.98. The second-order valence-corrected chi connectivity index (χ2v) is 5.15. The highest BCUT2D eigenvalue weighted by atomic mass is 35.5. The molecule has 0 aliphatic rings. The zero-order valence-electron chi connectivity index (χ0n) is 12.9.